The summed E-state index contributed by atoms with van der Waals surface area (Å²) in [7, 11) is 0. The molecule has 0 unspecified atom stereocenters. The van der Waals surface area contributed by atoms with Crippen LogP contribution in [0.5, 0.6) is 5.75 Å². The van der Waals surface area contributed by atoms with Crippen molar-refractivity contribution in [3.63, 3.8) is 0 Å². The summed E-state index contributed by atoms with van der Waals surface area (Å²) in [5.74, 6) is 3.40. The summed E-state index contributed by atoms with van der Waals surface area (Å²) in [6.07, 6.45) is 1.05. The SMILES string of the molecule is Cc1ccc(O)c(Cn2c(NCCCN3CCSCC3)nc3cc(CO)ccc32)n1. The van der Waals surface area contributed by atoms with Crippen LogP contribution in [0.1, 0.15) is 23.4 Å². The highest BCUT2D eigenvalue weighted by Crippen LogP contribution is 2.25. The Morgan fingerprint density at radius 1 is 1.13 bits per heavy atom. The van der Waals surface area contributed by atoms with Crippen molar-refractivity contribution in [3.05, 3.63) is 47.3 Å². The maximum absolute atomic E-state index is 10.3. The van der Waals surface area contributed by atoms with E-state index in [1.807, 2.05) is 36.9 Å². The van der Waals surface area contributed by atoms with E-state index in [1.165, 1.54) is 24.6 Å². The van der Waals surface area contributed by atoms with Crippen LogP contribution in [0.2, 0.25) is 0 Å². The molecule has 0 spiro atoms. The Morgan fingerprint density at radius 2 is 1.97 bits per heavy atom. The Morgan fingerprint density at radius 3 is 2.77 bits per heavy atom. The first kappa shape index (κ1) is 21.0. The average molecular weight is 428 g/mol. The van der Waals surface area contributed by atoms with Crippen LogP contribution in [0.3, 0.4) is 0 Å². The van der Waals surface area contributed by atoms with Gasteiger partial charge >= 0.3 is 0 Å². The van der Waals surface area contributed by atoms with Crippen molar-refractivity contribution in [2.24, 2.45) is 0 Å². The summed E-state index contributed by atoms with van der Waals surface area (Å²) in [5.41, 5.74) is 4.09. The molecule has 160 valence electrons. The Labute approximate surface area is 181 Å². The van der Waals surface area contributed by atoms with E-state index in [-0.39, 0.29) is 12.4 Å². The number of imidazole rings is 1. The molecule has 0 bridgehead atoms. The molecule has 3 aromatic rings. The zero-order chi connectivity index (χ0) is 20.9. The fraction of sp³-hybridized carbons (Fsp3) is 0.455. The number of aryl methyl sites for hydroxylation is 1. The molecular weight excluding hydrogens is 398 g/mol. The second-order valence-electron chi connectivity index (χ2n) is 7.66. The van der Waals surface area contributed by atoms with Gasteiger partial charge in [-0.3, -0.25) is 4.98 Å². The summed E-state index contributed by atoms with van der Waals surface area (Å²) >= 11 is 2.03. The third-order valence-electron chi connectivity index (χ3n) is 5.43. The minimum Gasteiger partial charge on any atom is -0.506 e. The lowest BCUT2D eigenvalue weighted by atomic mass is 10.2. The molecule has 0 saturated carbocycles. The lowest BCUT2D eigenvalue weighted by Crippen LogP contribution is -2.34. The van der Waals surface area contributed by atoms with Gasteiger partial charge in [-0.05, 0) is 49.7 Å². The van der Waals surface area contributed by atoms with Crippen LogP contribution in [-0.4, -0.2) is 67.3 Å². The Bertz CT molecular complexity index is 1000. The third-order valence-corrected chi connectivity index (χ3v) is 6.37. The highest BCUT2D eigenvalue weighted by molar-refractivity contribution is 7.99. The van der Waals surface area contributed by atoms with Gasteiger partial charge in [-0.25, -0.2) is 4.98 Å². The predicted molar refractivity (Wildman–Crippen MR) is 122 cm³/mol. The van der Waals surface area contributed by atoms with Crippen LogP contribution >= 0.6 is 11.8 Å². The fourth-order valence-corrected chi connectivity index (χ4v) is 4.74. The highest BCUT2D eigenvalue weighted by atomic mass is 32.2. The van der Waals surface area contributed by atoms with E-state index < -0.39 is 0 Å². The summed E-state index contributed by atoms with van der Waals surface area (Å²) < 4.78 is 2.05. The van der Waals surface area contributed by atoms with Gasteiger partial charge in [0.1, 0.15) is 11.4 Å². The molecule has 1 fully saturated rings. The van der Waals surface area contributed by atoms with Gasteiger partial charge in [0.05, 0.1) is 24.2 Å². The Kier molecular flexibility index (Phi) is 6.76. The standard InChI is InChI=1S/C22H29N5O2S/c1-16-3-6-21(29)19(24-16)14-27-20-5-4-17(15-28)13-18(20)25-22(27)23-7-2-8-26-9-11-30-12-10-26/h3-6,13,28-29H,2,7-12,14-15H2,1H3,(H,23,25). The summed E-state index contributed by atoms with van der Waals surface area (Å²) in [5, 5.41) is 23.2. The van der Waals surface area contributed by atoms with Gasteiger partial charge in [-0.2, -0.15) is 11.8 Å². The molecule has 7 nitrogen and oxygen atoms in total. The van der Waals surface area contributed by atoms with E-state index in [4.69, 9.17) is 4.98 Å². The number of aromatic nitrogens is 3. The number of rotatable bonds is 8. The predicted octanol–water partition coefficient (Wildman–Crippen LogP) is 2.84. The smallest absolute Gasteiger partial charge is 0.204 e. The number of benzene rings is 1. The minimum atomic E-state index is -0.0140. The molecule has 0 aliphatic carbocycles. The molecule has 0 amide bonds. The molecule has 3 heterocycles. The number of aliphatic hydroxyl groups is 1. The first-order chi connectivity index (χ1) is 14.6. The Hall–Kier alpha value is -2.29. The monoisotopic (exact) mass is 427 g/mol. The molecule has 0 atom stereocenters. The maximum atomic E-state index is 10.3. The Balaban J connectivity index is 1.54. The second kappa shape index (κ2) is 9.68. The van der Waals surface area contributed by atoms with Gasteiger partial charge in [0.25, 0.3) is 0 Å². The van der Waals surface area contributed by atoms with E-state index in [1.54, 1.807) is 12.1 Å². The van der Waals surface area contributed by atoms with E-state index in [2.05, 4.69) is 19.8 Å². The number of anilines is 1. The minimum absolute atomic E-state index is 0.0140. The first-order valence-corrected chi connectivity index (χ1v) is 11.6. The fourth-order valence-electron chi connectivity index (χ4n) is 3.77. The number of aliphatic hydroxyl groups excluding tert-OH is 1. The number of hydrogen-bond acceptors (Lipinski definition) is 7. The normalized spacial score (nSPS) is 15.0. The molecule has 1 aliphatic heterocycles. The van der Waals surface area contributed by atoms with Gasteiger partial charge in [-0.15, -0.1) is 0 Å². The molecule has 1 saturated heterocycles. The molecule has 30 heavy (non-hydrogen) atoms. The van der Waals surface area contributed by atoms with Crippen LogP contribution in [-0.2, 0) is 13.2 Å². The lowest BCUT2D eigenvalue weighted by Gasteiger charge is -2.26. The number of pyridine rings is 1. The molecule has 1 aromatic carbocycles. The lowest BCUT2D eigenvalue weighted by molar-refractivity contribution is 0.282. The van der Waals surface area contributed by atoms with Crippen molar-refractivity contribution in [2.45, 2.75) is 26.5 Å². The number of fused-ring (bicyclic) bond motifs is 1. The molecule has 2 aromatic heterocycles. The van der Waals surface area contributed by atoms with Gasteiger partial charge in [-0.1, -0.05) is 6.07 Å². The molecule has 4 rings (SSSR count). The molecular formula is C22H29N5O2S. The van der Waals surface area contributed by atoms with Crippen LogP contribution in [0.25, 0.3) is 11.0 Å². The van der Waals surface area contributed by atoms with Crippen molar-refractivity contribution >= 4 is 28.7 Å². The molecule has 1 aliphatic rings. The van der Waals surface area contributed by atoms with E-state index >= 15 is 0 Å². The van der Waals surface area contributed by atoms with Crippen molar-refractivity contribution in [1.29, 1.82) is 0 Å². The van der Waals surface area contributed by atoms with E-state index in [9.17, 15) is 10.2 Å². The number of nitrogens with one attached hydrogen (secondary N) is 1. The number of thioether (sulfide) groups is 1. The summed E-state index contributed by atoms with van der Waals surface area (Å²) in [6, 6.07) is 9.27. The van der Waals surface area contributed by atoms with Crippen LogP contribution in [0, 0.1) is 6.92 Å². The largest absolute Gasteiger partial charge is 0.506 e. The number of nitrogens with zero attached hydrogens (tertiary/aromatic N) is 4. The topological polar surface area (TPSA) is 86.4 Å². The summed E-state index contributed by atoms with van der Waals surface area (Å²) in [6.45, 7) is 6.58. The van der Waals surface area contributed by atoms with Crippen molar-refractivity contribution in [1.82, 2.24) is 19.4 Å². The van der Waals surface area contributed by atoms with Gasteiger partial charge < -0.3 is 25.0 Å². The van der Waals surface area contributed by atoms with Crippen LogP contribution < -0.4 is 5.32 Å². The second-order valence-corrected chi connectivity index (χ2v) is 8.88. The first-order valence-electron chi connectivity index (χ1n) is 10.4. The van der Waals surface area contributed by atoms with E-state index in [0.717, 1.165) is 47.7 Å². The van der Waals surface area contributed by atoms with Gasteiger partial charge in [0.15, 0.2) is 0 Å². The zero-order valence-corrected chi connectivity index (χ0v) is 18.2. The van der Waals surface area contributed by atoms with E-state index in [0.29, 0.717) is 12.2 Å². The van der Waals surface area contributed by atoms with Crippen molar-refractivity contribution in [3.8, 4) is 5.75 Å². The molecule has 3 N–H and O–H groups in total. The molecule has 0 radical (unpaired) electrons. The molecule has 8 heteroatoms. The van der Waals surface area contributed by atoms with Crippen molar-refractivity contribution in [2.75, 3.05) is 43.0 Å². The number of aromatic hydroxyl groups is 1. The summed E-state index contributed by atoms with van der Waals surface area (Å²) in [4.78, 5) is 11.8. The quantitative estimate of drug-likeness (QED) is 0.477. The van der Waals surface area contributed by atoms with Crippen molar-refractivity contribution < 1.29 is 10.2 Å². The van der Waals surface area contributed by atoms with Gasteiger partial charge in [0, 0.05) is 36.8 Å². The third kappa shape index (κ3) is 4.88. The highest BCUT2D eigenvalue weighted by Gasteiger charge is 2.15. The van der Waals surface area contributed by atoms with Gasteiger partial charge in [0.2, 0.25) is 5.95 Å². The number of hydrogen-bond donors (Lipinski definition) is 3. The van der Waals surface area contributed by atoms with Crippen LogP contribution in [0.15, 0.2) is 30.3 Å². The van der Waals surface area contributed by atoms with Crippen LogP contribution in [0.4, 0.5) is 5.95 Å². The maximum Gasteiger partial charge on any atom is 0.204 e. The average Bonchev–Trinajstić information content (AvgIpc) is 3.11. The zero-order valence-electron chi connectivity index (χ0n) is 17.3.